The first-order valence-electron chi connectivity index (χ1n) is 5.86. The van der Waals surface area contributed by atoms with Crippen molar-refractivity contribution in [3.05, 3.63) is 23.8 Å². The maximum absolute atomic E-state index is 5.88. The van der Waals surface area contributed by atoms with Crippen LogP contribution >= 0.6 is 11.8 Å². The molecule has 0 radical (unpaired) electrons. The highest BCUT2D eigenvalue weighted by Crippen LogP contribution is 2.42. The Hall–Kier alpha value is -1.13. The minimum absolute atomic E-state index is 0.479. The van der Waals surface area contributed by atoms with Crippen LogP contribution in [-0.4, -0.2) is 24.4 Å². The van der Waals surface area contributed by atoms with E-state index in [0.717, 1.165) is 18.0 Å². The lowest BCUT2D eigenvalue weighted by atomic mass is 9.95. The van der Waals surface area contributed by atoms with Crippen LogP contribution in [0.3, 0.4) is 0 Å². The highest BCUT2D eigenvalue weighted by molar-refractivity contribution is 7.99. The van der Waals surface area contributed by atoms with E-state index in [1.807, 2.05) is 17.8 Å². The largest absolute Gasteiger partial charge is 0.497 e. The third-order valence-corrected chi connectivity index (χ3v) is 4.47. The van der Waals surface area contributed by atoms with E-state index in [1.54, 1.807) is 7.11 Å². The molecule has 0 fully saturated rings. The van der Waals surface area contributed by atoms with E-state index >= 15 is 0 Å². The average molecular weight is 248 g/mol. The Bertz CT molecular complexity index is 550. The third-order valence-electron chi connectivity index (χ3n) is 3.42. The van der Waals surface area contributed by atoms with Gasteiger partial charge in [-0.2, -0.15) is 0 Å². The van der Waals surface area contributed by atoms with E-state index in [4.69, 9.17) is 10.5 Å². The van der Waals surface area contributed by atoms with Gasteiger partial charge in [0, 0.05) is 22.6 Å². The number of methoxy groups -OCH3 is 1. The monoisotopic (exact) mass is 248 g/mol. The van der Waals surface area contributed by atoms with Gasteiger partial charge in [-0.3, -0.25) is 0 Å². The molecule has 0 bridgehead atoms. The van der Waals surface area contributed by atoms with E-state index in [0.29, 0.717) is 5.92 Å². The summed E-state index contributed by atoms with van der Waals surface area (Å²) in [6, 6.07) is 6.19. The number of hydrogen-bond donors (Lipinski definition) is 2. The van der Waals surface area contributed by atoms with Crippen molar-refractivity contribution in [2.45, 2.75) is 17.4 Å². The van der Waals surface area contributed by atoms with Crippen molar-refractivity contribution in [1.82, 2.24) is 4.98 Å². The number of aromatic amines is 1. The molecule has 1 aliphatic heterocycles. The zero-order valence-electron chi connectivity index (χ0n) is 9.82. The lowest BCUT2D eigenvalue weighted by Crippen LogP contribution is -2.16. The van der Waals surface area contributed by atoms with Gasteiger partial charge in [-0.05, 0) is 36.7 Å². The molecule has 1 atom stereocenters. The SMILES string of the molecule is COc1ccc2[nH]c3c(c2c1)C(CN)CCS3. The second-order valence-corrected chi connectivity index (χ2v) is 5.45. The van der Waals surface area contributed by atoms with Crippen LogP contribution < -0.4 is 10.5 Å². The standard InChI is InChI=1S/C13H16N2OS/c1-16-9-2-3-11-10(6-9)12-8(7-14)4-5-17-13(12)15-11/h2-3,6,8,15H,4-5,7,14H2,1H3. The van der Waals surface area contributed by atoms with Gasteiger partial charge in [-0.25, -0.2) is 0 Å². The van der Waals surface area contributed by atoms with Crippen LogP contribution in [0.25, 0.3) is 10.9 Å². The van der Waals surface area contributed by atoms with E-state index < -0.39 is 0 Å². The Balaban J connectivity index is 2.23. The summed E-state index contributed by atoms with van der Waals surface area (Å²) in [5.74, 6) is 2.54. The van der Waals surface area contributed by atoms with Crippen molar-refractivity contribution in [3.63, 3.8) is 0 Å². The van der Waals surface area contributed by atoms with Crippen molar-refractivity contribution >= 4 is 22.7 Å². The van der Waals surface area contributed by atoms with Crippen LogP contribution in [0.1, 0.15) is 17.9 Å². The van der Waals surface area contributed by atoms with Gasteiger partial charge < -0.3 is 15.5 Å². The quantitative estimate of drug-likeness (QED) is 0.859. The number of hydrogen-bond acceptors (Lipinski definition) is 3. The Morgan fingerprint density at radius 3 is 3.18 bits per heavy atom. The molecule has 1 aromatic carbocycles. The first kappa shape index (κ1) is 11.0. The van der Waals surface area contributed by atoms with Crippen LogP contribution in [-0.2, 0) is 0 Å². The molecule has 1 aromatic heterocycles. The highest BCUT2D eigenvalue weighted by atomic mass is 32.2. The van der Waals surface area contributed by atoms with Crippen LogP contribution in [0, 0.1) is 0 Å². The molecule has 2 heterocycles. The maximum Gasteiger partial charge on any atom is 0.119 e. The number of nitrogens with two attached hydrogens (primary N) is 1. The van der Waals surface area contributed by atoms with E-state index in [9.17, 15) is 0 Å². The summed E-state index contributed by atoms with van der Waals surface area (Å²) in [4.78, 5) is 3.48. The van der Waals surface area contributed by atoms with Crippen LogP contribution in [0.2, 0.25) is 0 Å². The van der Waals surface area contributed by atoms with Gasteiger partial charge in [0.2, 0.25) is 0 Å². The Morgan fingerprint density at radius 2 is 2.41 bits per heavy atom. The van der Waals surface area contributed by atoms with Gasteiger partial charge in [0.1, 0.15) is 5.75 Å². The van der Waals surface area contributed by atoms with E-state index in [1.165, 1.54) is 27.9 Å². The topological polar surface area (TPSA) is 51.0 Å². The Morgan fingerprint density at radius 1 is 1.53 bits per heavy atom. The highest BCUT2D eigenvalue weighted by Gasteiger charge is 2.24. The molecule has 0 saturated heterocycles. The molecule has 0 saturated carbocycles. The summed E-state index contributed by atoms with van der Waals surface area (Å²) in [7, 11) is 1.70. The summed E-state index contributed by atoms with van der Waals surface area (Å²) in [6.45, 7) is 0.720. The molecule has 0 amide bonds. The minimum Gasteiger partial charge on any atom is -0.497 e. The van der Waals surface area contributed by atoms with Crippen molar-refractivity contribution < 1.29 is 4.74 Å². The number of benzene rings is 1. The molecular formula is C13H16N2OS. The van der Waals surface area contributed by atoms with Crippen molar-refractivity contribution in [3.8, 4) is 5.75 Å². The fourth-order valence-electron chi connectivity index (χ4n) is 2.50. The second kappa shape index (κ2) is 4.27. The number of fused-ring (bicyclic) bond motifs is 3. The minimum atomic E-state index is 0.479. The van der Waals surface area contributed by atoms with Crippen molar-refractivity contribution in [2.24, 2.45) is 5.73 Å². The summed E-state index contributed by atoms with van der Waals surface area (Å²) in [6.07, 6.45) is 1.17. The van der Waals surface area contributed by atoms with Gasteiger partial charge in [-0.15, -0.1) is 11.8 Å². The van der Waals surface area contributed by atoms with E-state index in [2.05, 4.69) is 17.1 Å². The van der Waals surface area contributed by atoms with Gasteiger partial charge in [-0.1, -0.05) is 0 Å². The average Bonchev–Trinajstić information content (AvgIpc) is 2.75. The molecule has 90 valence electrons. The fraction of sp³-hybridized carbons (Fsp3) is 0.385. The third kappa shape index (κ3) is 1.72. The molecule has 3 rings (SSSR count). The molecule has 2 aromatic rings. The molecule has 0 aliphatic carbocycles. The summed E-state index contributed by atoms with van der Waals surface area (Å²) >= 11 is 1.90. The van der Waals surface area contributed by atoms with Crippen LogP contribution in [0.5, 0.6) is 5.75 Å². The Kier molecular flexibility index (Phi) is 2.76. The molecule has 0 spiro atoms. The van der Waals surface area contributed by atoms with Crippen molar-refractivity contribution in [2.75, 3.05) is 19.4 Å². The number of rotatable bonds is 2. The van der Waals surface area contributed by atoms with Gasteiger partial charge in [0.25, 0.3) is 0 Å². The smallest absolute Gasteiger partial charge is 0.119 e. The van der Waals surface area contributed by atoms with Crippen LogP contribution in [0.15, 0.2) is 23.2 Å². The fourth-order valence-corrected chi connectivity index (χ4v) is 3.72. The lowest BCUT2D eigenvalue weighted by Gasteiger charge is -2.20. The number of aromatic nitrogens is 1. The molecule has 3 nitrogen and oxygen atoms in total. The Labute approximate surface area is 105 Å². The number of thioether (sulfide) groups is 1. The molecule has 4 heteroatoms. The molecule has 1 aliphatic rings. The predicted octanol–water partition coefficient (Wildman–Crippen LogP) is 2.71. The normalized spacial score (nSPS) is 19.3. The first-order chi connectivity index (χ1) is 8.33. The second-order valence-electron chi connectivity index (χ2n) is 4.35. The number of nitrogens with one attached hydrogen (secondary N) is 1. The lowest BCUT2D eigenvalue weighted by molar-refractivity contribution is 0.415. The number of H-pyrrole nitrogens is 1. The number of ether oxygens (including phenoxy) is 1. The summed E-state index contributed by atoms with van der Waals surface area (Å²) in [5.41, 5.74) is 8.46. The molecular weight excluding hydrogens is 232 g/mol. The van der Waals surface area contributed by atoms with Crippen molar-refractivity contribution in [1.29, 1.82) is 0 Å². The summed E-state index contributed by atoms with van der Waals surface area (Å²) in [5, 5.41) is 2.55. The molecule has 17 heavy (non-hydrogen) atoms. The maximum atomic E-state index is 5.88. The predicted molar refractivity (Wildman–Crippen MR) is 72.0 cm³/mol. The zero-order chi connectivity index (χ0) is 11.8. The van der Waals surface area contributed by atoms with Gasteiger partial charge in [0.05, 0.1) is 12.1 Å². The van der Waals surface area contributed by atoms with E-state index in [-0.39, 0.29) is 0 Å². The van der Waals surface area contributed by atoms with Gasteiger partial charge >= 0.3 is 0 Å². The summed E-state index contributed by atoms with van der Waals surface area (Å²) < 4.78 is 5.30. The van der Waals surface area contributed by atoms with Gasteiger partial charge in [0.15, 0.2) is 0 Å². The first-order valence-corrected chi connectivity index (χ1v) is 6.84. The molecule has 3 N–H and O–H groups in total. The zero-order valence-corrected chi connectivity index (χ0v) is 10.6. The van der Waals surface area contributed by atoms with Crippen LogP contribution in [0.4, 0.5) is 0 Å². The molecule has 1 unspecified atom stereocenters.